The van der Waals surface area contributed by atoms with Gasteiger partial charge in [-0.05, 0) is 31.0 Å². The van der Waals surface area contributed by atoms with Crippen LogP contribution in [0.15, 0.2) is 29.3 Å². The normalized spacial score (nSPS) is 14.0. The van der Waals surface area contributed by atoms with E-state index in [9.17, 15) is 0 Å². The highest BCUT2D eigenvalue weighted by molar-refractivity contribution is 14.0. The fourth-order valence-corrected chi connectivity index (χ4v) is 1.96. The third-order valence-electron chi connectivity index (χ3n) is 3.18. The fourth-order valence-electron chi connectivity index (χ4n) is 1.76. The Morgan fingerprint density at radius 3 is 2.67 bits per heavy atom. The van der Waals surface area contributed by atoms with Crippen molar-refractivity contribution in [1.82, 2.24) is 10.6 Å². The first-order valence-corrected chi connectivity index (χ1v) is 7.23. The SMILES string of the molecule is CCC(C)NC(=NC)NCC(OC)c1cccc(Cl)c1.I. The summed E-state index contributed by atoms with van der Waals surface area (Å²) in [6.45, 7) is 4.89. The quantitative estimate of drug-likeness (QED) is 0.416. The topological polar surface area (TPSA) is 45.7 Å². The van der Waals surface area contributed by atoms with Crippen LogP contribution in [0.5, 0.6) is 0 Å². The van der Waals surface area contributed by atoms with E-state index in [2.05, 4.69) is 29.5 Å². The Bertz CT molecular complexity index is 443. The van der Waals surface area contributed by atoms with Crippen LogP contribution in [-0.2, 0) is 4.74 Å². The van der Waals surface area contributed by atoms with E-state index in [1.807, 2.05) is 24.3 Å². The van der Waals surface area contributed by atoms with Crippen LogP contribution in [0.25, 0.3) is 0 Å². The van der Waals surface area contributed by atoms with E-state index in [1.54, 1.807) is 14.2 Å². The highest BCUT2D eigenvalue weighted by Gasteiger charge is 2.12. The lowest BCUT2D eigenvalue weighted by Crippen LogP contribution is -2.43. The third-order valence-corrected chi connectivity index (χ3v) is 3.41. The summed E-state index contributed by atoms with van der Waals surface area (Å²) in [5, 5.41) is 7.30. The van der Waals surface area contributed by atoms with Crippen LogP contribution in [0, 0.1) is 0 Å². The van der Waals surface area contributed by atoms with Crippen molar-refractivity contribution < 1.29 is 4.74 Å². The molecule has 2 N–H and O–H groups in total. The largest absolute Gasteiger partial charge is 0.375 e. The molecule has 0 amide bonds. The molecule has 0 saturated heterocycles. The molecule has 0 heterocycles. The summed E-state index contributed by atoms with van der Waals surface area (Å²) in [6, 6.07) is 8.09. The summed E-state index contributed by atoms with van der Waals surface area (Å²) < 4.78 is 5.51. The van der Waals surface area contributed by atoms with Crippen LogP contribution < -0.4 is 10.6 Å². The van der Waals surface area contributed by atoms with Crippen LogP contribution in [0.3, 0.4) is 0 Å². The van der Waals surface area contributed by atoms with Gasteiger partial charge < -0.3 is 15.4 Å². The molecule has 1 aromatic rings. The van der Waals surface area contributed by atoms with Crippen LogP contribution in [-0.4, -0.2) is 32.7 Å². The average Bonchev–Trinajstić information content (AvgIpc) is 2.46. The lowest BCUT2D eigenvalue weighted by molar-refractivity contribution is 0.106. The van der Waals surface area contributed by atoms with Crippen molar-refractivity contribution in [3.05, 3.63) is 34.9 Å². The summed E-state index contributed by atoms with van der Waals surface area (Å²) in [6.07, 6.45) is 0.979. The van der Waals surface area contributed by atoms with E-state index < -0.39 is 0 Å². The van der Waals surface area contributed by atoms with Gasteiger partial charge in [-0.25, -0.2) is 0 Å². The lowest BCUT2D eigenvalue weighted by Gasteiger charge is -2.20. The highest BCUT2D eigenvalue weighted by atomic mass is 127. The van der Waals surface area contributed by atoms with Crippen molar-refractivity contribution in [1.29, 1.82) is 0 Å². The third kappa shape index (κ3) is 7.33. The van der Waals surface area contributed by atoms with Gasteiger partial charge in [-0.3, -0.25) is 4.99 Å². The minimum atomic E-state index is -0.0656. The number of nitrogens with one attached hydrogen (secondary N) is 2. The molecule has 4 nitrogen and oxygen atoms in total. The Labute approximate surface area is 149 Å². The first-order valence-electron chi connectivity index (χ1n) is 6.86. The molecule has 0 saturated carbocycles. The molecule has 2 atom stereocenters. The molecule has 1 rings (SSSR count). The molecule has 1 aromatic carbocycles. The van der Waals surface area contributed by atoms with E-state index in [0.29, 0.717) is 17.6 Å². The molecule has 0 aromatic heterocycles. The molecule has 0 aliphatic rings. The summed E-state index contributed by atoms with van der Waals surface area (Å²) in [5.41, 5.74) is 1.05. The zero-order valence-corrected chi connectivity index (χ0v) is 16.1. The van der Waals surface area contributed by atoms with Gasteiger partial charge in [0.05, 0.1) is 6.10 Å². The molecular formula is C15H25ClIN3O. The monoisotopic (exact) mass is 425 g/mol. The summed E-state index contributed by atoms with van der Waals surface area (Å²) in [5.74, 6) is 0.781. The number of methoxy groups -OCH3 is 1. The average molecular weight is 426 g/mol. The van der Waals surface area contributed by atoms with Gasteiger partial charge in [0.15, 0.2) is 5.96 Å². The summed E-state index contributed by atoms with van der Waals surface area (Å²) in [7, 11) is 3.46. The maximum atomic E-state index is 6.01. The van der Waals surface area contributed by atoms with Gasteiger partial charge in [-0.1, -0.05) is 30.7 Å². The number of hydrogen-bond acceptors (Lipinski definition) is 2. The Morgan fingerprint density at radius 1 is 1.43 bits per heavy atom. The molecule has 0 aliphatic carbocycles. The fraction of sp³-hybridized carbons (Fsp3) is 0.533. The number of rotatable bonds is 6. The van der Waals surface area contributed by atoms with Crippen molar-refractivity contribution in [2.24, 2.45) is 4.99 Å². The minimum absolute atomic E-state index is 0. The van der Waals surface area contributed by atoms with E-state index in [-0.39, 0.29) is 30.1 Å². The molecule has 2 unspecified atom stereocenters. The van der Waals surface area contributed by atoms with Crippen molar-refractivity contribution in [3.8, 4) is 0 Å². The zero-order chi connectivity index (χ0) is 15.0. The van der Waals surface area contributed by atoms with Gasteiger partial charge >= 0.3 is 0 Å². The predicted molar refractivity (Wildman–Crippen MR) is 101 cm³/mol. The molecule has 21 heavy (non-hydrogen) atoms. The maximum Gasteiger partial charge on any atom is 0.191 e. The van der Waals surface area contributed by atoms with Gasteiger partial charge in [-0.2, -0.15) is 0 Å². The zero-order valence-electron chi connectivity index (χ0n) is 13.0. The van der Waals surface area contributed by atoms with E-state index in [1.165, 1.54) is 0 Å². The summed E-state index contributed by atoms with van der Waals surface area (Å²) in [4.78, 5) is 4.21. The molecule has 120 valence electrons. The molecule has 0 fully saturated rings. The number of nitrogens with zero attached hydrogens (tertiary/aromatic N) is 1. The van der Waals surface area contributed by atoms with Gasteiger partial charge in [-0.15, -0.1) is 24.0 Å². The van der Waals surface area contributed by atoms with E-state index >= 15 is 0 Å². The Morgan fingerprint density at radius 2 is 2.14 bits per heavy atom. The van der Waals surface area contributed by atoms with E-state index in [4.69, 9.17) is 16.3 Å². The minimum Gasteiger partial charge on any atom is -0.375 e. The molecule has 0 spiro atoms. The molecule has 0 radical (unpaired) electrons. The lowest BCUT2D eigenvalue weighted by atomic mass is 10.1. The first kappa shape index (κ1) is 20.5. The number of benzene rings is 1. The second kappa shape index (κ2) is 11.1. The second-order valence-electron chi connectivity index (χ2n) is 4.69. The molecule has 0 aliphatic heterocycles. The number of guanidine groups is 1. The number of aliphatic imine (C=N–C) groups is 1. The summed E-state index contributed by atoms with van der Waals surface area (Å²) >= 11 is 6.01. The molecular weight excluding hydrogens is 401 g/mol. The smallest absolute Gasteiger partial charge is 0.191 e. The second-order valence-corrected chi connectivity index (χ2v) is 5.12. The van der Waals surface area contributed by atoms with Crippen molar-refractivity contribution in [3.63, 3.8) is 0 Å². The molecule has 6 heteroatoms. The van der Waals surface area contributed by atoms with Crippen molar-refractivity contribution in [2.45, 2.75) is 32.4 Å². The first-order chi connectivity index (χ1) is 9.60. The maximum absolute atomic E-state index is 6.01. The van der Waals surface area contributed by atoms with Gasteiger partial charge in [0.1, 0.15) is 0 Å². The number of ether oxygens (including phenoxy) is 1. The highest BCUT2D eigenvalue weighted by Crippen LogP contribution is 2.19. The van der Waals surface area contributed by atoms with Crippen LogP contribution >= 0.6 is 35.6 Å². The number of hydrogen-bond donors (Lipinski definition) is 2. The number of halogens is 2. The standard InChI is InChI=1S/C15H24ClN3O.HI/c1-5-11(2)19-15(17-3)18-10-14(20-4)12-7-6-8-13(16)9-12;/h6-9,11,14H,5,10H2,1-4H3,(H2,17,18,19);1H. The van der Waals surface area contributed by atoms with Crippen molar-refractivity contribution >= 4 is 41.5 Å². The van der Waals surface area contributed by atoms with Crippen molar-refractivity contribution in [2.75, 3.05) is 20.7 Å². The van der Waals surface area contributed by atoms with Crippen LogP contribution in [0.2, 0.25) is 5.02 Å². The van der Waals surface area contributed by atoms with Gasteiger partial charge in [0.2, 0.25) is 0 Å². The Kier molecular flexibility index (Phi) is 10.8. The Hall–Kier alpha value is -0.530. The Balaban J connectivity index is 0.00000400. The van der Waals surface area contributed by atoms with Gasteiger partial charge in [0, 0.05) is 31.8 Å². The van der Waals surface area contributed by atoms with E-state index in [0.717, 1.165) is 17.9 Å². The molecule has 0 bridgehead atoms. The van der Waals surface area contributed by atoms with Crippen LogP contribution in [0.4, 0.5) is 0 Å². The predicted octanol–water partition coefficient (Wildman–Crippen LogP) is 3.61. The van der Waals surface area contributed by atoms with Gasteiger partial charge in [0.25, 0.3) is 0 Å². The van der Waals surface area contributed by atoms with Crippen LogP contribution in [0.1, 0.15) is 31.9 Å².